The molecular weight excluding hydrogens is 368 g/mol. The van der Waals surface area contributed by atoms with E-state index in [-0.39, 0.29) is 5.91 Å². The SMILES string of the molecule is Cc1cc(NC(=O)CCC2CCNCC2)n(-c2cccc(Br)c2)n1. The van der Waals surface area contributed by atoms with Crippen molar-refractivity contribution in [3.63, 3.8) is 0 Å². The molecule has 6 heteroatoms. The predicted molar refractivity (Wildman–Crippen MR) is 99.5 cm³/mol. The largest absolute Gasteiger partial charge is 0.317 e. The van der Waals surface area contributed by atoms with Crippen molar-refractivity contribution in [3.8, 4) is 5.69 Å². The Morgan fingerprint density at radius 2 is 2.17 bits per heavy atom. The van der Waals surface area contributed by atoms with E-state index >= 15 is 0 Å². The zero-order valence-corrected chi connectivity index (χ0v) is 15.5. The summed E-state index contributed by atoms with van der Waals surface area (Å²) in [4.78, 5) is 12.3. The van der Waals surface area contributed by atoms with Gasteiger partial charge in [0.2, 0.25) is 5.91 Å². The van der Waals surface area contributed by atoms with Gasteiger partial charge in [-0.15, -0.1) is 0 Å². The maximum absolute atomic E-state index is 12.3. The Kier molecular flexibility index (Phi) is 5.68. The van der Waals surface area contributed by atoms with Crippen LogP contribution < -0.4 is 10.6 Å². The van der Waals surface area contributed by atoms with Crippen molar-refractivity contribution in [3.05, 3.63) is 40.5 Å². The molecule has 1 aromatic carbocycles. The van der Waals surface area contributed by atoms with E-state index in [0.717, 1.165) is 41.2 Å². The summed E-state index contributed by atoms with van der Waals surface area (Å²) in [5.41, 5.74) is 1.80. The number of aromatic nitrogens is 2. The average Bonchev–Trinajstić information content (AvgIpc) is 2.94. The van der Waals surface area contributed by atoms with Crippen LogP contribution in [0.3, 0.4) is 0 Å². The Morgan fingerprint density at radius 1 is 1.38 bits per heavy atom. The molecule has 2 N–H and O–H groups in total. The fourth-order valence-electron chi connectivity index (χ4n) is 3.10. The maximum Gasteiger partial charge on any atom is 0.225 e. The topological polar surface area (TPSA) is 59.0 Å². The first-order chi connectivity index (χ1) is 11.6. The van der Waals surface area contributed by atoms with Gasteiger partial charge in [0.05, 0.1) is 11.4 Å². The monoisotopic (exact) mass is 390 g/mol. The number of nitrogens with zero attached hydrogens (tertiary/aromatic N) is 2. The molecule has 0 aliphatic carbocycles. The lowest BCUT2D eigenvalue weighted by Crippen LogP contribution is -2.28. The summed E-state index contributed by atoms with van der Waals surface area (Å²) in [7, 11) is 0. The van der Waals surface area contributed by atoms with Gasteiger partial charge in [0, 0.05) is 17.0 Å². The highest BCUT2D eigenvalue weighted by Gasteiger charge is 2.16. The van der Waals surface area contributed by atoms with Gasteiger partial charge in [0.1, 0.15) is 5.82 Å². The predicted octanol–water partition coefficient (Wildman–Crippen LogP) is 3.66. The molecule has 5 nitrogen and oxygen atoms in total. The molecule has 128 valence electrons. The van der Waals surface area contributed by atoms with Crippen molar-refractivity contribution >= 4 is 27.7 Å². The second kappa shape index (κ2) is 7.94. The molecule has 1 aromatic heterocycles. The zero-order valence-electron chi connectivity index (χ0n) is 13.9. The van der Waals surface area contributed by atoms with Gasteiger partial charge in [-0.3, -0.25) is 4.79 Å². The van der Waals surface area contributed by atoms with Crippen molar-refractivity contribution in [2.75, 3.05) is 18.4 Å². The molecule has 0 spiro atoms. The minimum Gasteiger partial charge on any atom is -0.317 e. The normalized spacial score (nSPS) is 15.4. The molecule has 3 rings (SSSR count). The first-order valence-electron chi connectivity index (χ1n) is 8.45. The third-order valence-corrected chi connectivity index (χ3v) is 4.88. The minimum atomic E-state index is 0.0599. The first kappa shape index (κ1) is 17.2. The van der Waals surface area contributed by atoms with Crippen LogP contribution in [-0.4, -0.2) is 28.8 Å². The Hall–Kier alpha value is -1.66. The number of piperidine rings is 1. The number of halogens is 1. The summed E-state index contributed by atoms with van der Waals surface area (Å²) in [6.45, 7) is 4.07. The van der Waals surface area contributed by atoms with Gasteiger partial charge in [-0.05, 0) is 63.4 Å². The number of nitrogens with one attached hydrogen (secondary N) is 2. The molecule has 0 radical (unpaired) electrons. The fourth-order valence-corrected chi connectivity index (χ4v) is 3.49. The summed E-state index contributed by atoms with van der Waals surface area (Å²) in [6.07, 6.45) is 3.86. The molecule has 0 bridgehead atoms. The maximum atomic E-state index is 12.3. The van der Waals surface area contributed by atoms with E-state index < -0.39 is 0 Å². The Morgan fingerprint density at radius 3 is 2.92 bits per heavy atom. The van der Waals surface area contributed by atoms with Gasteiger partial charge in [0.15, 0.2) is 0 Å². The number of carbonyl (C=O) groups is 1. The number of amides is 1. The Bertz CT molecular complexity index is 707. The lowest BCUT2D eigenvalue weighted by molar-refractivity contribution is -0.116. The number of rotatable bonds is 5. The lowest BCUT2D eigenvalue weighted by atomic mass is 9.93. The summed E-state index contributed by atoms with van der Waals surface area (Å²) in [6, 6.07) is 9.79. The van der Waals surface area contributed by atoms with Gasteiger partial charge in [0.25, 0.3) is 0 Å². The van der Waals surface area contributed by atoms with Crippen LogP contribution in [0.1, 0.15) is 31.4 Å². The summed E-state index contributed by atoms with van der Waals surface area (Å²) in [5.74, 6) is 1.44. The van der Waals surface area contributed by atoms with Crippen LogP contribution in [0.2, 0.25) is 0 Å². The molecule has 1 amide bonds. The van der Waals surface area contributed by atoms with E-state index in [1.165, 1.54) is 12.8 Å². The van der Waals surface area contributed by atoms with Gasteiger partial charge in [-0.2, -0.15) is 5.10 Å². The second-order valence-electron chi connectivity index (χ2n) is 6.34. The van der Waals surface area contributed by atoms with Crippen LogP contribution in [0.5, 0.6) is 0 Å². The molecule has 0 unspecified atom stereocenters. The molecule has 1 aliphatic rings. The fraction of sp³-hybridized carbons (Fsp3) is 0.444. The number of aryl methyl sites for hydroxylation is 1. The molecule has 2 heterocycles. The van der Waals surface area contributed by atoms with Crippen molar-refractivity contribution in [1.82, 2.24) is 15.1 Å². The number of carbonyl (C=O) groups excluding carboxylic acids is 1. The second-order valence-corrected chi connectivity index (χ2v) is 7.26. The van der Waals surface area contributed by atoms with Crippen LogP contribution in [-0.2, 0) is 4.79 Å². The van der Waals surface area contributed by atoms with Crippen molar-refractivity contribution < 1.29 is 4.79 Å². The number of anilines is 1. The Labute approximate surface area is 151 Å². The summed E-state index contributed by atoms with van der Waals surface area (Å²) >= 11 is 3.48. The average molecular weight is 391 g/mol. The quantitative estimate of drug-likeness (QED) is 0.818. The molecule has 1 saturated heterocycles. The van der Waals surface area contributed by atoms with Crippen LogP contribution in [0.25, 0.3) is 5.69 Å². The highest BCUT2D eigenvalue weighted by molar-refractivity contribution is 9.10. The first-order valence-corrected chi connectivity index (χ1v) is 9.24. The third kappa shape index (κ3) is 4.45. The zero-order chi connectivity index (χ0) is 16.9. The summed E-state index contributed by atoms with van der Waals surface area (Å²) in [5, 5.41) is 10.9. The Balaban J connectivity index is 1.65. The van der Waals surface area contributed by atoms with E-state index in [0.29, 0.717) is 12.3 Å². The summed E-state index contributed by atoms with van der Waals surface area (Å²) < 4.78 is 2.76. The third-order valence-electron chi connectivity index (χ3n) is 4.39. The van der Waals surface area contributed by atoms with E-state index in [1.807, 2.05) is 37.3 Å². The number of hydrogen-bond acceptors (Lipinski definition) is 3. The van der Waals surface area contributed by atoms with Gasteiger partial charge in [-0.25, -0.2) is 4.68 Å². The van der Waals surface area contributed by atoms with E-state index in [2.05, 4.69) is 31.7 Å². The number of hydrogen-bond donors (Lipinski definition) is 2. The van der Waals surface area contributed by atoms with Crippen molar-refractivity contribution in [2.45, 2.75) is 32.6 Å². The number of benzene rings is 1. The van der Waals surface area contributed by atoms with E-state index in [9.17, 15) is 4.79 Å². The smallest absolute Gasteiger partial charge is 0.225 e. The van der Waals surface area contributed by atoms with Crippen molar-refractivity contribution in [1.29, 1.82) is 0 Å². The molecule has 24 heavy (non-hydrogen) atoms. The van der Waals surface area contributed by atoms with Gasteiger partial charge in [-0.1, -0.05) is 22.0 Å². The van der Waals surface area contributed by atoms with E-state index in [4.69, 9.17) is 0 Å². The van der Waals surface area contributed by atoms with Crippen LogP contribution >= 0.6 is 15.9 Å². The molecule has 1 fully saturated rings. The molecule has 1 aliphatic heterocycles. The van der Waals surface area contributed by atoms with Gasteiger partial charge < -0.3 is 10.6 Å². The van der Waals surface area contributed by atoms with Crippen LogP contribution in [0.4, 0.5) is 5.82 Å². The highest BCUT2D eigenvalue weighted by atomic mass is 79.9. The standard InChI is InChI=1S/C18H23BrN4O/c1-13-11-17(23(22-13)16-4-2-3-15(19)12-16)21-18(24)6-5-14-7-9-20-10-8-14/h2-4,11-12,14,20H,5-10H2,1H3,(H,21,24). The molecule has 2 aromatic rings. The minimum absolute atomic E-state index is 0.0599. The van der Waals surface area contributed by atoms with Crippen LogP contribution in [0, 0.1) is 12.8 Å². The highest BCUT2D eigenvalue weighted by Crippen LogP contribution is 2.22. The van der Waals surface area contributed by atoms with E-state index in [1.54, 1.807) is 4.68 Å². The molecule has 0 saturated carbocycles. The molecule has 0 atom stereocenters. The van der Waals surface area contributed by atoms with Crippen molar-refractivity contribution in [2.24, 2.45) is 5.92 Å². The van der Waals surface area contributed by atoms with Gasteiger partial charge >= 0.3 is 0 Å². The van der Waals surface area contributed by atoms with Crippen LogP contribution in [0.15, 0.2) is 34.8 Å². The molecular formula is C18H23BrN4O. The lowest BCUT2D eigenvalue weighted by Gasteiger charge is -2.22.